The number of allylic oxidation sites excluding steroid dienone is 1. The van der Waals surface area contributed by atoms with Gasteiger partial charge in [0.1, 0.15) is 12.0 Å². The molecule has 0 aliphatic carbocycles. The SMILES string of the molecule is C=CCn1cc(C[C@@H]2OC(C)(C)O[C@@H]2CCO)c2c1C1(OC)N=CN2N1. The van der Waals surface area contributed by atoms with Gasteiger partial charge in [-0.25, -0.2) is 4.99 Å². The molecule has 0 spiro atoms. The highest BCUT2D eigenvalue weighted by atomic mass is 16.7. The van der Waals surface area contributed by atoms with E-state index in [2.05, 4.69) is 27.8 Å². The molecule has 8 nitrogen and oxygen atoms in total. The van der Waals surface area contributed by atoms with Crippen LogP contribution < -0.4 is 10.4 Å². The van der Waals surface area contributed by atoms with Gasteiger partial charge < -0.3 is 23.9 Å². The Labute approximate surface area is 153 Å². The minimum Gasteiger partial charge on any atom is -0.396 e. The number of hydrogen-bond acceptors (Lipinski definition) is 7. The Morgan fingerprint density at radius 1 is 1.42 bits per heavy atom. The average molecular weight is 362 g/mol. The lowest BCUT2D eigenvalue weighted by Gasteiger charge is -2.21. The van der Waals surface area contributed by atoms with Gasteiger partial charge in [-0.3, -0.25) is 5.01 Å². The molecule has 2 bridgehead atoms. The summed E-state index contributed by atoms with van der Waals surface area (Å²) in [6.07, 6.45) is 6.66. The molecular weight excluding hydrogens is 336 g/mol. The Bertz CT molecular complexity index is 744. The minimum atomic E-state index is -0.882. The standard InChI is InChI=1S/C18H26N4O4/c1-5-7-21-10-12(9-14-13(6-8-23)25-17(2,3)26-14)15-16(21)18(24-4)19-11-22(15)20-18/h5,10-11,13-14,20,23H,1,6-9H2,2-4H3/t13-,14+,18?/m1/s1. The lowest BCUT2D eigenvalue weighted by molar-refractivity contribution is -0.147. The van der Waals surface area contributed by atoms with Crippen LogP contribution in [0, 0.1) is 0 Å². The second-order valence-corrected chi connectivity index (χ2v) is 7.30. The van der Waals surface area contributed by atoms with E-state index in [1.807, 2.05) is 24.9 Å². The van der Waals surface area contributed by atoms with Crippen molar-refractivity contribution < 1.29 is 19.3 Å². The topological polar surface area (TPSA) is 80.5 Å². The molecule has 1 aromatic heterocycles. The molecule has 8 heteroatoms. The van der Waals surface area contributed by atoms with E-state index in [9.17, 15) is 5.11 Å². The van der Waals surface area contributed by atoms with Gasteiger partial charge in [0, 0.05) is 32.9 Å². The van der Waals surface area contributed by atoms with E-state index < -0.39 is 11.6 Å². The highest BCUT2D eigenvalue weighted by molar-refractivity contribution is 5.88. The third-order valence-corrected chi connectivity index (χ3v) is 5.06. The van der Waals surface area contributed by atoms with Gasteiger partial charge >= 0.3 is 0 Å². The van der Waals surface area contributed by atoms with Crippen LogP contribution in [0.3, 0.4) is 0 Å². The van der Waals surface area contributed by atoms with E-state index in [0.29, 0.717) is 19.4 Å². The van der Waals surface area contributed by atoms with E-state index >= 15 is 0 Å². The van der Waals surface area contributed by atoms with Gasteiger partial charge in [-0.15, -0.1) is 6.58 Å². The highest BCUT2D eigenvalue weighted by Gasteiger charge is 2.51. The van der Waals surface area contributed by atoms with Gasteiger partial charge in [-0.1, -0.05) is 6.08 Å². The third-order valence-electron chi connectivity index (χ3n) is 5.06. The minimum absolute atomic E-state index is 0.0727. The first-order chi connectivity index (χ1) is 12.4. The van der Waals surface area contributed by atoms with E-state index in [1.54, 1.807) is 13.4 Å². The van der Waals surface area contributed by atoms with Crippen molar-refractivity contribution in [2.75, 3.05) is 18.7 Å². The van der Waals surface area contributed by atoms with Crippen molar-refractivity contribution in [2.24, 2.45) is 4.99 Å². The number of aromatic nitrogens is 1. The lowest BCUT2D eigenvalue weighted by atomic mass is 10.0. The predicted octanol–water partition coefficient (Wildman–Crippen LogP) is 1.24. The molecule has 3 aliphatic rings. The maximum absolute atomic E-state index is 9.36. The largest absolute Gasteiger partial charge is 0.396 e. The van der Waals surface area contributed by atoms with Crippen LogP contribution >= 0.6 is 0 Å². The number of aliphatic hydroxyl groups is 1. The smallest absolute Gasteiger partial charge is 0.279 e. The zero-order valence-corrected chi connectivity index (χ0v) is 15.4. The number of aliphatic hydroxyl groups excluding tert-OH is 1. The Kier molecular flexibility index (Phi) is 4.20. The molecule has 3 aliphatic heterocycles. The number of aliphatic imine (C=N–C) groups is 1. The summed E-state index contributed by atoms with van der Waals surface area (Å²) in [7, 11) is 1.64. The molecule has 0 radical (unpaired) electrons. The van der Waals surface area contributed by atoms with Crippen molar-refractivity contribution >= 4 is 12.0 Å². The molecule has 3 atom stereocenters. The maximum Gasteiger partial charge on any atom is 0.279 e. The fraction of sp³-hybridized carbons (Fsp3) is 0.611. The van der Waals surface area contributed by atoms with Crippen molar-refractivity contribution in [3.05, 3.63) is 30.1 Å². The quantitative estimate of drug-likeness (QED) is 0.711. The van der Waals surface area contributed by atoms with E-state index in [0.717, 1.165) is 16.9 Å². The van der Waals surface area contributed by atoms with Crippen LogP contribution in [0.4, 0.5) is 5.69 Å². The number of ether oxygens (including phenoxy) is 3. The van der Waals surface area contributed by atoms with Crippen LogP contribution in [0.1, 0.15) is 31.5 Å². The molecule has 1 saturated heterocycles. The van der Waals surface area contributed by atoms with Gasteiger partial charge in [0.15, 0.2) is 5.79 Å². The number of hydrazine groups is 1. The molecule has 2 N–H and O–H groups in total. The first-order valence-electron chi connectivity index (χ1n) is 8.90. The maximum atomic E-state index is 9.36. The summed E-state index contributed by atoms with van der Waals surface area (Å²) in [6.45, 7) is 8.40. The second-order valence-electron chi connectivity index (χ2n) is 7.30. The molecule has 142 valence electrons. The molecular formula is C18H26N4O4. The third kappa shape index (κ3) is 2.60. The van der Waals surface area contributed by atoms with Gasteiger partial charge in [0.25, 0.3) is 5.85 Å². The van der Waals surface area contributed by atoms with Gasteiger partial charge in [-0.05, 0) is 25.8 Å². The summed E-state index contributed by atoms with van der Waals surface area (Å²) in [4.78, 5) is 4.47. The van der Waals surface area contributed by atoms with Crippen LogP contribution in [-0.2, 0) is 33.0 Å². The molecule has 1 unspecified atom stereocenters. The first-order valence-corrected chi connectivity index (χ1v) is 8.90. The summed E-state index contributed by atoms with van der Waals surface area (Å²) in [5, 5.41) is 11.3. The molecule has 4 rings (SSSR count). The van der Waals surface area contributed by atoms with Crippen molar-refractivity contribution in [2.45, 2.75) is 57.1 Å². The molecule has 0 amide bonds. The first kappa shape index (κ1) is 17.7. The zero-order chi connectivity index (χ0) is 18.5. The summed E-state index contributed by atoms with van der Waals surface area (Å²) < 4.78 is 19.9. The summed E-state index contributed by atoms with van der Waals surface area (Å²) in [6, 6.07) is 0. The van der Waals surface area contributed by atoms with E-state index in [1.165, 1.54) is 0 Å². The van der Waals surface area contributed by atoms with Gasteiger partial charge in [-0.2, -0.15) is 5.43 Å². The number of hydrogen-bond donors (Lipinski definition) is 2. The highest BCUT2D eigenvalue weighted by Crippen LogP contribution is 2.46. The van der Waals surface area contributed by atoms with Crippen molar-refractivity contribution in [3.8, 4) is 0 Å². The van der Waals surface area contributed by atoms with Crippen molar-refractivity contribution in [3.63, 3.8) is 0 Å². The molecule has 0 aromatic carbocycles. The van der Waals surface area contributed by atoms with Crippen molar-refractivity contribution in [1.29, 1.82) is 0 Å². The summed E-state index contributed by atoms with van der Waals surface area (Å²) >= 11 is 0. The van der Waals surface area contributed by atoms with E-state index in [4.69, 9.17) is 14.2 Å². The average Bonchev–Trinajstić information content (AvgIpc) is 3.30. The normalized spacial score (nSPS) is 31.0. The monoisotopic (exact) mass is 362 g/mol. The molecule has 1 aromatic rings. The second kappa shape index (κ2) is 6.17. The van der Waals surface area contributed by atoms with Gasteiger partial charge in [0.2, 0.25) is 0 Å². The number of rotatable bonds is 7. The Morgan fingerprint density at radius 2 is 2.19 bits per heavy atom. The molecule has 26 heavy (non-hydrogen) atoms. The Hall–Kier alpha value is -1.71. The zero-order valence-electron chi connectivity index (χ0n) is 15.4. The molecule has 4 heterocycles. The predicted molar refractivity (Wildman–Crippen MR) is 96.7 cm³/mol. The Morgan fingerprint density at radius 3 is 2.88 bits per heavy atom. The summed E-state index contributed by atoms with van der Waals surface area (Å²) in [5.41, 5.74) is 6.40. The van der Waals surface area contributed by atoms with Crippen LogP contribution in [0.5, 0.6) is 0 Å². The van der Waals surface area contributed by atoms with Crippen LogP contribution in [0.25, 0.3) is 0 Å². The summed E-state index contributed by atoms with van der Waals surface area (Å²) in [5.74, 6) is -1.53. The number of anilines is 1. The lowest BCUT2D eigenvalue weighted by Crippen LogP contribution is -2.40. The Balaban J connectivity index is 1.68. The number of nitrogens with zero attached hydrogens (tertiary/aromatic N) is 3. The fourth-order valence-electron chi connectivity index (χ4n) is 4.11. The molecule has 1 fully saturated rings. The number of fused-ring (bicyclic) bond motifs is 5. The van der Waals surface area contributed by atoms with Crippen molar-refractivity contribution in [1.82, 2.24) is 9.99 Å². The van der Waals surface area contributed by atoms with Crippen LogP contribution in [0.15, 0.2) is 23.8 Å². The molecule has 0 saturated carbocycles. The number of methoxy groups -OCH3 is 1. The van der Waals surface area contributed by atoms with E-state index in [-0.39, 0.29) is 18.8 Å². The number of nitrogens with one attached hydrogen (secondary N) is 1. The van der Waals surface area contributed by atoms with Gasteiger partial charge in [0.05, 0.1) is 17.9 Å². The van der Waals surface area contributed by atoms with Crippen LogP contribution in [0.2, 0.25) is 0 Å². The van der Waals surface area contributed by atoms with Crippen LogP contribution in [-0.4, -0.2) is 47.7 Å². The fourth-order valence-corrected chi connectivity index (χ4v) is 4.11.